The lowest BCUT2D eigenvalue weighted by Crippen LogP contribution is -2.44. The fourth-order valence-corrected chi connectivity index (χ4v) is 2.48. The molecule has 0 radical (unpaired) electrons. The minimum absolute atomic E-state index is 0. The second kappa shape index (κ2) is 12.4. The van der Waals surface area contributed by atoms with Crippen LogP contribution in [0.15, 0.2) is 17.1 Å². The number of hydrogen-bond acceptors (Lipinski definition) is 3. The van der Waals surface area contributed by atoms with Crippen molar-refractivity contribution >= 4 is 36.0 Å². The molecule has 0 aromatic rings. The molecule has 0 aromatic carbocycles. The summed E-state index contributed by atoms with van der Waals surface area (Å²) in [4.78, 5) is 16.6. The average molecular weight is 466 g/mol. The maximum Gasteiger partial charge on any atom is 0.407 e. The van der Waals surface area contributed by atoms with Gasteiger partial charge in [-0.3, -0.25) is 4.99 Å². The molecule has 0 fully saturated rings. The van der Waals surface area contributed by atoms with E-state index in [0.717, 1.165) is 38.2 Å². The van der Waals surface area contributed by atoms with E-state index in [1.807, 2.05) is 27.7 Å². The van der Waals surface area contributed by atoms with Crippen LogP contribution in [0.25, 0.3) is 0 Å². The van der Waals surface area contributed by atoms with Crippen LogP contribution < -0.4 is 16.0 Å². The van der Waals surface area contributed by atoms with Crippen LogP contribution in [0.4, 0.5) is 4.79 Å². The largest absolute Gasteiger partial charge is 0.444 e. The molecule has 1 atom stereocenters. The second-order valence-electron chi connectivity index (χ2n) is 7.14. The number of ether oxygens (including phenoxy) is 1. The van der Waals surface area contributed by atoms with Crippen molar-refractivity contribution < 1.29 is 9.53 Å². The fraction of sp³-hybridized carbons (Fsp3) is 0.778. The minimum Gasteiger partial charge on any atom is -0.444 e. The number of nitrogens with zero attached hydrogens (tertiary/aromatic N) is 1. The van der Waals surface area contributed by atoms with Gasteiger partial charge in [-0.15, -0.1) is 24.0 Å². The molecule has 0 saturated carbocycles. The number of alkyl carbamates (subject to hydrolysis) is 1. The van der Waals surface area contributed by atoms with Gasteiger partial charge < -0.3 is 20.7 Å². The molecule has 6 nitrogen and oxygen atoms in total. The first kappa shape index (κ1) is 24.0. The van der Waals surface area contributed by atoms with E-state index in [0.29, 0.717) is 12.6 Å². The lowest BCUT2D eigenvalue weighted by atomic mass is 10.1. The van der Waals surface area contributed by atoms with Crippen molar-refractivity contribution in [1.29, 1.82) is 0 Å². The van der Waals surface area contributed by atoms with E-state index in [-0.39, 0.29) is 36.1 Å². The van der Waals surface area contributed by atoms with Crippen molar-refractivity contribution in [3.8, 4) is 0 Å². The normalized spacial score (nSPS) is 16.1. The summed E-state index contributed by atoms with van der Waals surface area (Å²) in [5, 5.41) is 9.63. The predicted octanol–water partition coefficient (Wildman–Crippen LogP) is 3.57. The maximum absolute atomic E-state index is 12.0. The summed E-state index contributed by atoms with van der Waals surface area (Å²) in [5.41, 5.74) is -0.490. The molecule has 0 bridgehead atoms. The lowest BCUT2D eigenvalue weighted by molar-refractivity contribution is 0.0503. The van der Waals surface area contributed by atoms with Crippen molar-refractivity contribution in [3.05, 3.63) is 12.2 Å². The number of carbonyl (C=O) groups excluding carboxylic acids is 1. The highest BCUT2D eigenvalue weighted by atomic mass is 127. The molecular weight excluding hydrogens is 431 g/mol. The van der Waals surface area contributed by atoms with Gasteiger partial charge in [0.1, 0.15) is 5.60 Å². The molecule has 7 heteroatoms. The minimum atomic E-state index is -0.490. The molecular formula is C18H35IN4O2. The summed E-state index contributed by atoms with van der Waals surface area (Å²) in [6, 6.07) is 0.383. The molecule has 1 amide bonds. The van der Waals surface area contributed by atoms with Crippen LogP contribution in [0, 0.1) is 0 Å². The molecule has 0 saturated heterocycles. The SMILES string of the molecule is CCCC(CN=C(NCC)NC1CC=CC1)NC(=O)OC(C)(C)C.I. The first-order valence-electron chi connectivity index (χ1n) is 9.03. The number of hydrogen-bond donors (Lipinski definition) is 3. The van der Waals surface area contributed by atoms with E-state index in [1.54, 1.807) is 0 Å². The van der Waals surface area contributed by atoms with Crippen LogP contribution in [-0.2, 0) is 4.74 Å². The Morgan fingerprint density at radius 2 is 1.92 bits per heavy atom. The Kier molecular flexibility index (Phi) is 11.9. The van der Waals surface area contributed by atoms with Crippen molar-refractivity contribution in [2.75, 3.05) is 13.1 Å². The molecule has 1 aliphatic carbocycles. The van der Waals surface area contributed by atoms with Crippen LogP contribution in [-0.4, -0.2) is 42.8 Å². The summed E-state index contributed by atoms with van der Waals surface area (Å²) in [6.07, 6.45) is 7.89. The van der Waals surface area contributed by atoms with Crippen molar-refractivity contribution in [3.63, 3.8) is 0 Å². The van der Waals surface area contributed by atoms with Crippen LogP contribution >= 0.6 is 24.0 Å². The number of amides is 1. The number of rotatable bonds is 7. The van der Waals surface area contributed by atoms with Crippen molar-refractivity contribution in [1.82, 2.24) is 16.0 Å². The van der Waals surface area contributed by atoms with E-state index < -0.39 is 5.60 Å². The van der Waals surface area contributed by atoms with E-state index in [1.165, 1.54) is 0 Å². The third kappa shape index (κ3) is 11.3. The van der Waals surface area contributed by atoms with E-state index in [9.17, 15) is 4.79 Å². The molecule has 1 unspecified atom stereocenters. The number of aliphatic imine (C=N–C) groups is 1. The Balaban J connectivity index is 0.00000576. The van der Waals surface area contributed by atoms with Gasteiger partial charge in [0.15, 0.2) is 5.96 Å². The molecule has 3 N–H and O–H groups in total. The third-order valence-electron chi connectivity index (χ3n) is 3.52. The topological polar surface area (TPSA) is 74.8 Å². The quantitative estimate of drug-likeness (QED) is 0.232. The van der Waals surface area contributed by atoms with Gasteiger partial charge in [0, 0.05) is 12.6 Å². The Bertz CT molecular complexity index is 439. The van der Waals surface area contributed by atoms with Crippen LogP contribution in [0.5, 0.6) is 0 Å². The van der Waals surface area contributed by atoms with E-state index in [4.69, 9.17) is 4.74 Å². The Hall–Kier alpha value is -0.990. The molecule has 146 valence electrons. The summed E-state index contributed by atoms with van der Waals surface area (Å²) in [7, 11) is 0. The zero-order valence-corrected chi connectivity index (χ0v) is 18.6. The van der Waals surface area contributed by atoms with Gasteiger partial charge in [0.25, 0.3) is 0 Å². The molecule has 0 aliphatic heterocycles. The summed E-state index contributed by atoms with van der Waals surface area (Å²) in [5.74, 6) is 0.804. The molecule has 0 aromatic heterocycles. The highest BCUT2D eigenvalue weighted by Crippen LogP contribution is 2.09. The highest BCUT2D eigenvalue weighted by molar-refractivity contribution is 14.0. The number of nitrogens with one attached hydrogen (secondary N) is 3. The predicted molar refractivity (Wildman–Crippen MR) is 115 cm³/mol. The van der Waals surface area contributed by atoms with Crippen LogP contribution in [0.1, 0.15) is 60.3 Å². The van der Waals surface area contributed by atoms with E-state index >= 15 is 0 Å². The number of guanidine groups is 1. The monoisotopic (exact) mass is 466 g/mol. The molecule has 0 spiro atoms. The maximum atomic E-state index is 12.0. The third-order valence-corrected chi connectivity index (χ3v) is 3.52. The van der Waals surface area contributed by atoms with Gasteiger partial charge in [-0.1, -0.05) is 25.5 Å². The standard InChI is InChI=1S/C18H34N4O2.HI/c1-6-10-15(22-17(23)24-18(3,4)5)13-20-16(19-7-2)21-14-11-8-9-12-14;/h8-9,14-15H,6-7,10-13H2,1-5H3,(H,22,23)(H2,19,20,21);1H. The second-order valence-corrected chi connectivity index (χ2v) is 7.14. The van der Waals surface area contributed by atoms with Crippen molar-refractivity contribution in [2.45, 2.75) is 78.0 Å². The van der Waals surface area contributed by atoms with E-state index in [2.05, 4.69) is 40.0 Å². The van der Waals surface area contributed by atoms with Crippen LogP contribution in [0.3, 0.4) is 0 Å². The van der Waals surface area contributed by atoms with Gasteiger partial charge >= 0.3 is 6.09 Å². The summed E-state index contributed by atoms with van der Waals surface area (Å²) < 4.78 is 5.34. The first-order chi connectivity index (χ1) is 11.3. The first-order valence-corrected chi connectivity index (χ1v) is 9.03. The molecule has 1 rings (SSSR count). The van der Waals surface area contributed by atoms with Gasteiger partial charge in [-0.05, 0) is 47.0 Å². The average Bonchev–Trinajstić information content (AvgIpc) is 2.96. The number of carbonyl (C=O) groups is 1. The van der Waals surface area contributed by atoms with Gasteiger partial charge in [-0.25, -0.2) is 4.79 Å². The highest BCUT2D eigenvalue weighted by Gasteiger charge is 2.19. The smallest absolute Gasteiger partial charge is 0.407 e. The zero-order valence-electron chi connectivity index (χ0n) is 16.2. The van der Waals surface area contributed by atoms with Gasteiger partial charge in [-0.2, -0.15) is 0 Å². The zero-order chi connectivity index (χ0) is 18.0. The van der Waals surface area contributed by atoms with Crippen LogP contribution in [0.2, 0.25) is 0 Å². The lowest BCUT2D eigenvalue weighted by Gasteiger charge is -2.23. The molecule has 1 aliphatic rings. The Morgan fingerprint density at radius 3 is 2.44 bits per heavy atom. The number of halogens is 1. The summed E-state index contributed by atoms with van der Waals surface area (Å²) in [6.45, 7) is 11.1. The Morgan fingerprint density at radius 1 is 1.28 bits per heavy atom. The fourth-order valence-electron chi connectivity index (χ4n) is 2.48. The Labute approximate surface area is 169 Å². The molecule has 25 heavy (non-hydrogen) atoms. The van der Waals surface area contributed by atoms with Gasteiger partial charge in [0.2, 0.25) is 0 Å². The van der Waals surface area contributed by atoms with Crippen molar-refractivity contribution in [2.24, 2.45) is 4.99 Å². The molecule has 0 heterocycles. The summed E-state index contributed by atoms with van der Waals surface area (Å²) >= 11 is 0. The van der Waals surface area contributed by atoms with Gasteiger partial charge in [0.05, 0.1) is 12.6 Å².